The highest BCUT2D eigenvalue weighted by Gasteiger charge is 2.20. The highest BCUT2D eigenvalue weighted by molar-refractivity contribution is 14.1. The highest BCUT2D eigenvalue weighted by Crippen LogP contribution is 2.29. The quantitative estimate of drug-likeness (QED) is 0.722. The van der Waals surface area contributed by atoms with Crippen molar-refractivity contribution in [2.75, 3.05) is 6.54 Å². The zero-order chi connectivity index (χ0) is 14.5. The maximum Gasteiger partial charge on any atom is 0.125 e. The second kappa shape index (κ2) is 7.27. The van der Waals surface area contributed by atoms with Crippen molar-refractivity contribution < 1.29 is 4.42 Å². The van der Waals surface area contributed by atoms with Crippen molar-refractivity contribution in [3.8, 4) is 0 Å². The Labute approximate surface area is 135 Å². The van der Waals surface area contributed by atoms with Crippen LogP contribution in [0.3, 0.4) is 0 Å². The van der Waals surface area contributed by atoms with Gasteiger partial charge in [0, 0.05) is 9.99 Å². The Balaban J connectivity index is 2.38. The fourth-order valence-corrected chi connectivity index (χ4v) is 2.96. The Kier molecular flexibility index (Phi) is 5.66. The number of hydrogen-bond acceptors (Lipinski definition) is 2. The molecule has 0 radical (unpaired) electrons. The highest BCUT2D eigenvalue weighted by atomic mass is 127. The molecule has 0 aliphatic rings. The van der Waals surface area contributed by atoms with Crippen LogP contribution in [0, 0.1) is 10.5 Å². The summed E-state index contributed by atoms with van der Waals surface area (Å²) < 4.78 is 7.29. The Hall–Kier alpha value is -0.810. The van der Waals surface area contributed by atoms with E-state index in [-0.39, 0.29) is 6.04 Å². The van der Waals surface area contributed by atoms with E-state index in [1.807, 2.05) is 0 Å². The molecule has 1 N–H and O–H groups in total. The van der Waals surface area contributed by atoms with Gasteiger partial charge in [-0.05, 0) is 65.7 Å². The van der Waals surface area contributed by atoms with Gasteiger partial charge in [0.1, 0.15) is 11.5 Å². The lowest BCUT2D eigenvalue weighted by Crippen LogP contribution is -2.23. The predicted octanol–water partition coefficient (Wildman–Crippen LogP) is 4.84. The first-order valence-corrected chi connectivity index (χ1v) is 8.32. The first-order chi connectivity index (χ1) is 9.67. The summed E-state index contributed by atoms with van der Waals surface area (Å²) in [6.45, 7) is 7.44. The van der Waals surface area contributed by atoms with E-state index in [1.165, 1.54) is 14.7 Å². The molecule has 0 saturated heterocycles. The molecule has 20 heavy (non-hydrogen) atoms. The lowest BCUT2D eigenvalue weighted by Gasteiger charge is -2.19. The summed E-state index contributed by atoms with van der Waals surface area (Å²) in [5, 5.41) is 3.61. The van der Waals surface area contributed by atoms with Crippen molar-refractivity contribution in [1.82, 2.24) is 5.32 Å². The van der Waals surface area contributed by atoms with Gasteiger partial charge in [-0.2, -0.15) is 0 Å². The molecule has 0 saturated carbocycles. The number of furan rings is 1. The van der Waals surface area contributed by atoms with Crippen LogP contribution in [-0.2, 0) is 6.42 Å². The fraction of sp³-hybridized carbons (Fsp3) is 0.412. The third-order valence-corrected chi connectivity index (χ3v) is 4.92. The number of hydrogen-bond donors (Lipinski definition) is 1. The van der Waals surface area contributed by atoms with E-state index < -0.39 is 0 Å². The largest absolute Gasteiger partial charge is 0.464 e. The van der Waals surface area contributed by atoms with Crippen LogP contribution in [0.15, 0.2) is 34.7 Å². The smallest absolute Gasteiger partial charge is 0.125 e. The maximum atomic E-state index is 5.98. The van der Waals surface area contributed by atoms with Gasteiger partial charge in [-0.3, -0.25) is 0 Å². The molecule has 0 spiro atoms. The van der Waals surface area contributed by atoms with Crippen LogP contribution in [0.1, 0.15) is 49.0 Å². The van der Waals surface area contributed by atoms with Gasteiger partial charge >= 0.3 is 0 Å². The summed E-state index contributed by atoms with van der Waals surface area (Å²) in [4.78, 5) is 0. The van der Waals surface area contributed by atoms with Gasteiger partial charge in [-0.25, -0.2) is 0 Å². The Morgan fingerprint density at radius 2 is 2.00 bits per heavy atom. The van der Waals surface area contributed by atoms with Gasteiger partial charge in [0.15, 0.2) is 0 Å². The predicted molar refractivity (Wildman–Crippen MR) is 92.1 cm³/mol. The van der Waals surface area contributed by atoms with E-state index in [0.717, 1.165) is 30.9 Å². The second-order valence-corrected chi connectivity index (χ2v) is 6.10. The molecule has 108 valence electrons. The van der Waals surface area contributed by atoms with Crippen LogP contribution >= 0.6 is 22.6 Å². The molecule has 0 bridgehead atoms. The van der Waals surface area contributed by atoms with Crippen LogP contribution in [0.4, 0.5) is 0 Å². The minimum absolute atomic E-state index is 0.141. The van der Waals surface area contributed by atoms with Gasteiger partial charge in [0.2, 0.25) is 0 Å². The molecule has 1 aromatic carbocycles. The standard InChI is InChI=1S/C17H22INO/c1-4-11-19-17(15-10-9-13(5-2)20-15)14-8-6-7-12(3)16(14)18/h6-10,17,19H,4-5,11H2,1-3H3. The minimum Gasteiger partial charge on any atom is -0.464 e. The summed E-state index contributed by atoms with van der Waals surface area (Å²) in [5.41, 5.74) is 2.62. The van der Waals surface area contributed by atoms with Gasteiger partial charge in [0.05, 0.1) is 6.04 Å². The number of halogens is 1. The van der Waals surface area contributed by atoms with E-state index in [4.69, 9.17) is 4.42 Å². The molecule has 0 amide bonds. The summed E-state index contributed by atoms with van der Waals surface area (Å²) in [6, 6.07) is 10.8. The zero-order valence-corrected chi connectivity index (χ0v) is 14.5. The summed E-state index contributed by atoms with van der Waals surface area (Å²) in [7, 11) is 0. The van der Waals surface area contributed by atoms with Crippen molar-refractivity contribution in [3.05, 3.63) is 56.5 Å². The minimum atomic E-state index is 0.141. The van der Waals surface area contributed by atoms with Crippen LogP contribution in [0.5, 0.6) is 0 Å². The van der Waals surface area contributed by atoms with E-state index in [0.29, 0.717) is 0 Å². The van der Waals surface area contributed by atoms with Gasteiger partial charge in [-0.15, -0.1) is 0 Å². The van der Waals surface area contributed by atoms with Gasteiger partial charge in [-0.1, -0.05) is 32.0 Å². The number of benzene rings is 1. The summed E-state index contributed by atoms with van der Waals surface area (Å²) in [5.74, 6) is 2.06. The van der Waals surface area contributed by atoms with Gasteiger partial charge in [0.25, 0.3) is 0 Å². The molecular formula is C17H22INO. The Bertz CT molecular complexity index is 562. The maximum absolute atomic E-state index is 5.98. The van der Waals surface area contributed by atoms with Crippen molar-refractivity contribution in [2.45, 2.75) is 39.7 Å². The molecule has 3 heteroatoms. The lowest BCUT2D eigenvalue weighted by molar-refractivity contribution is 0.421. The monoisotopic (exact) mass is 383 g/mol. The van der Waals surface area contributed by atoms with Crippen molar-refractivity contribution in [2.24, 2.45) is 0 Å². The SMILES string of the molecule is CCCNC(c1ccc(CC)o1)c1cccc(C)c1I. The molecule has 1 unspecified atom stereocenters. The average Bonchev–Trinajstić information content (AvgIpc) is 2.92. The molecule has 1 heterocycles. The Morgan fingerprint density at radius 3 is 2.65 bits per heavy atom. The third kappa shape index (κ3) is 3.44. The third-order valence-electron chi connectivity index (χ3n) is 3.45. The zero-order valence-electron chi connectivity index (χ0n) is 12.4. The van der Waals surface area contributed by atoms with Crippen LogP contribution in [0.25, 0.3) is 0 Å². The molecule has 2 nitrogen and oxygen atoms in total. The van der Waals surface area contributed by atoms with E-state index in [1.54, 1.807) is 0 Å². The van der Waals surface area contributed by atoms with Crippen LogP contribution in [0.2, 0.25) is 0 Å². The molecule has 1 aromatic heterocycles. The number of rotatable bonds is 6. The molecule has 2 aromatic rings. The molecule has 1 atom stereocenters. The van der Waals surface area contributed by atoms with Crippen LogP contribution < -0.4 is 5.32 Å². The van der Waals surface area contributed by atoms with Crippen molar-refractivity contribution in [1.29, 1.82) is 0 Å². The lowest BCUT2D eigenvalue weighted by atomic mass is 10.0. The number of nitrogens with one attached hydrogen (secondary N) is 1. The molecule has 0 aliphatic carbocycles. The van der Waals surface area contributed by atoms with Crippen molar-refractivity contribution >= 4 is 22.6 Å². The summed E-state index contributed by atoms with van der Waals surface area (Å²) in [6.07, 6.45) is 2.05. The topological polar surface area (TPSA) is 25.2 Å². The first kappa shape index (κ1) is 15.6. The van der Waals surface area contributed by atoms with E-state index >= 15 is 0 Å². The summed E-state index contributed by atoms with van der Waals surface area (Å²) >= 11 is 2.43. The normalized spacial score (nSPS) is 12.6. The van der Waals surface area contributed by atoms with Crippen LogP contribution in [-0.4, -0.2) is 6.54 Å². The average molecular weight is 383 g/mol. The number of aryl methyl sites for hydroxylation is 2. The Morgan fingerprint density at radius 1 is 1.20 bits per heavy atom. The molecule has 0 fully saturated rings. The van der Waals surface area contributed by atoms with E-state index in [2.05, 4.69) is 79.0 Å². The van der Waals surface area contributed by atoms with Gasteiger partial charge < -0.3 is 9.73 Å². The molecule has 0 aliphatic heterocycles. The first-order valence-electron chi connectivity index (χ1n) is 7.24. The molecular weight excluding hydrogens is 361 g/mol. The van der Waals surface area contributed by atoms with Crippen molar-refractivity contribution in [3.63, 3.8) is 0 Å². The second-order valence-electron chi connectivity index (χ2n) is 5.02. The fourth-order valence-electron chi connectivity index (χ4n) is 2.29. The molecule has 2 rings (SSSR count). The van der Waals surface area contributed by atoms with E-state index in [9.17, 15) is 0 Å².